The van der Waals surface area contributed by atoms with E-state index in [0.29, 0.717) is 19.1 Å². The maximum absolute atomic E-state index is 12.0. The molecule has 0 unspecified atom stereocenters. The zero-order chi connectivity index (χ0) is 17.1. The second-order valence-corrected chi connectivity index (χ2v) is 4.61. The Morgan fingerprint density at radius 3 is 2.58 bits per heavy atom. The molecular formula is C14H22F3IN4O2. The number of guanidine groups is 1. The van der Waals surface area contributed by atoms with Crippen molar-refractivity contribution >= 4 is 29.9 Å². The molecule has 6 nitrogen and oxygen atoms in total. The molecule has 0 aromatic carbocycles. The Labute approximate surface area is 156 Å². The molecule has 0 amide bonds. The molecule has 2 N–H and O–H groups in total. The highest BCUT2D eigenvalue weighted by Crippen LogP contribution is 2.16. The van der Waals surface area contributed by atoms with Crippen LogP contribution in [0.25, 0.3) is 0 Å². The van der Waals surface area contributed by atoms with Gasteiger partial charge in [0.25, 0.3) is 0 Å². The lowest BCUT2D eigenvalue weighted by Gasteiger charge is -2.12. The Hall–Kier alpha value is -1.30. The van der Waals surface area contributed by atoms with Crippen molar-refractivity contribution in [3.8, 4) is 5.88 Å². The molecule has 24 heavy (non-hydrogen) atoms. The summed E-state index contributed by atoms with van der Waals surface area (Å²) in [5, 5.41) is 6.19. The van der Waals surface area contributed by atoms with Crippen molar-refractivity contribution in [3.63, 3.8) is 0 Å². The summed E-state index contributed by atoms with van der Waals surface area (Å²) in [5.41, 5.74) is 0.796. The van der Waals surface area contributed by atoms with E-state index in [2.05, 4.69) is 25.3 Å². The van der Waals surface area contributed by atoms with Crippen LogP contribution < -0.4 is 15.4 Å². The summed E-state index contributed by atoms with van der Waals surface area (Å²) in [6, 6.07) is 3.04. The van der Waals surface area contributed by atoms with Crippen molar-refractivity contribution in [3.05, 3.63) is 23.9 Å². The van der Waals surface area contributed by atoms with Gasteiger partial charge in [0.15, 0.2) is 12.6 Å². The monoisotopic (exact) mass is 462 g/mol. The third-order valence-corrected chi connectivity index (χ3v) is 2.68. The molecule has 1 aromatic heterocycles. The first-order valence-corrected chi connectivity index (χ1v) is 7.02. The van der Waals surface area contributed by atoms with Gasteiger partial charge in [-0.3, -0.25) is 4.99 Å². The van der Waals surface area contributed by atoms with Crippen LogP contribution in [0.1, 0.15) is 12.0 Å². The van der Waals surface area contributed by atoms with Crippen LogP contribution in [-0.2, 0) is 11.3 Å². The number of rotatable bonds is 8. The topological polar surface area (TPSA) is 67.8 Å². The Kier molecular flexibility index (Phi) is 11.5. The van der Waals surface area contributed by atoms with Crippen LogP contribution in [-0.4, -0.2) is 51.0 Å². The number of pyridine rings is 1. The van der Waals surface area contributed by atoms with E-state index >= 15 is 0 Å². The van der Waals surface area contributed by atoms with Gasteiger partial charge in [0.2, 0.25) is 5.88 Å². The highest BCUT2D eigenvalue weighted by atomic mass is 127. The smallest absolute Gasteiger partial charge is 0.422 e. The van der Waals surface area contributed by atoms with Gasteiger partial charge in [0.1, 0.15) is 0 Å². The van der Waals surface area contributed by atoms with Crippen LogP contribution >= 0.6 is 24.0 Å². The van der Waals surface area contributed by atoms with Crippen LogP contribution in [0.2, 0.25) is 0 Å². The predicted octanol–water partition coefficient (Wildman–Crippen LogP) is 2.34. The lowest BCUT2D eigenvalue weighted by molar-refractivity contribution is -0.154. The fraction of sp³-hybridized carbons (Fsp3) is 0.571. The standard InChI is InChI=1S/C14H21F3N4O2.HI/c1-18-13(19-6-3-7-22-2)21-9-11-4-5-12(20-8-11)23-10-14(15,16)17;/h4-5,8H,3,6-7,9-10H2,1-2H3,(H2,18,19,21);1H. The molecule has 0 aliphatic carbocycles. The minimum absolute atomic E-state index is 0. The molecule has 10 heteroatoms. The third kappa shape index (κ3) is 10.5. The zero-order valence-electron chi connectivity index (χ0n) is 13.5. The average Bonchev–Trinajstić information content (AvgIpc) is 2.52. The van der Waals surface area contributed by atoms with Crippen molar-refractivity contribution in [2.75, 3.05) is 33.9 Å². The molecule has 0 radical (unpaired) electrons. The van der Waals surface area contributed by atoms with Gasteiger partial charge < -0.3 is 20.1 Å². The van der Waals surface area contributed by atoms with Gasteiger partial charge in [-0.15, -0.1) is 24.0 Å². The maximum Gasteiger partial charge on any atom is 0.422 e. The summed E-state index contributed by atoms with van der Waals surface area (Å²) >= 11 is 0. The number of hydrogen-bond acceptors (Lipinski definition) is 4. The quantitative estimate of drug-likeness (QED) is 0.269. The van der Waals surface area contributed by atoms with Gasteiger partial charge in [0.05, 0.1) is 0 Å². The number of aliphatic imine (C=N–C) groups is 1. The lowest BCUT2D eigenvalue weighted by atomic mass is 10.3. The molecule has 1 rings (SSSR count). The number of ether oxygens (including phenoxy) is 2. The van der Waals surface area contributed by atoms with Crippen molar-refractivity contribution in [1.29, 1.82) is 0 Å². The van der Waals surface area contributed by atoms with Gasteiger partial charge in [-0.1, -0.05) is 6.07 Å². The molecule has 0 fully saturated rings. The second kappa shape index (κ2) is 12.1. The average molecular weight is 462 g/mol. The van der Waals surface area contributed by atoms with E-state index in [9.17, 15) is 13.2 Å². The van der Waals surface area contributed by atoms with E-state index in [1.54, 1.807) is 20.2 Å². The molecule has 0 aliphatic rings. The van der Waals surface area contributed by atoms with E-state index in [1.807, 2.05) is 0 Å². The highest BCUT2D eigenvalue weighted by Gasteiger charge is 2.28. The van der Waals surface area contributed by atoms with E-state index in [0.717, 1.165) is 18.5 Å². The van der Waals surface area contributed by atoms with Crippen LogP contribution in [0.4, 0.5) is 13.2 Å². The first-order valence-electron chi connectivity index (χ1n) is 7.02. The Morgan fingerprint density at radius 2 is 2.04 bits per heavy atom. The number of alkyl halides is 3. The summed E-state index contributed by atoms with van der Waals surface area (Å²) in [6.45, 7) is 0.468. The SMILES string of the molecule is CN=C(NCCCOC)NCc1ccc(OCC(F)(F)F)nc1.I. The Bertz CT molecular complexity index is 484. The van der Waals surface area contributed by atoms with Gasteiger partial charge in [-0.25, -0.2) is 4.98 Å². The Morgan fingerprint density at radius 1 is 1.29 bits per heavy atom. The van der Waals surface area contributed by atoms with Crippen molar-refractivity contribution in [2.45, 2.75) is 19.1 Å². The molecule has 0 spiro atoms. The zero-order valence-corrected chi connectivity index (χ0v) is 15.9. The van der Waals surface area contributed by atoms with Gasteiger partial charge in [-0.05, 0) is 12.0 Å². The van der Waals surface area contributed by atoms with Gasteiger partial charge >= 0.3 is 6.18 Å². The summed E-state index contributed by atoms with van der Waals surface area (Å²) in [6.07, 6.45) is -2.07. The first kappa shape index (κ1) is 22.7. The molecule has 0 atom stereocenters. The van der Waals surface area contributed by atoms with Crippen LogP contribution in [0.3, 0.4) is 0 Å². The molecule has 0 saturated carbocycles. The van der Waals surface area contributed by atoms with Gasteiger partial charge in [0, 0.05) is 46.1 Å². The molecule has 0 aliphatic heterocycles. The van der Waals surface area contributed by atoms with E-state index in [1.165, 1.54) is 12.3 Å². The summed E-state index contributed by atoms with van der Waals surface area (Å²) in [4.78, 5) is 7.89. The number of methoxy groups -OCH3 is 1. The molecule has 1 heterocycles. The number of nitrogens with one attached hydrogen (secondary N) is 2. The Balaban J connectivity index is 0.00000529. The molecule has 138 valence electrons. The lowest BCUT2D eigenvalue weighted by Crippen LogP contribution is -2.37. The second-order valence-electron chi connectivity index (χ2n) is 4.61. The highest BCUT2D eigenvalue weighted by molar-refractivity contribution is 14.0. The van der Waals surface area contributed by atoms with Crippen molar-refractivity contribution < 1.29 is 22.6 Å². The fourth-order valence-electron chi connectivity index (χ4n) is 1.59. The normalized spacial score (nSPS) is 11.6. The summed E-state index contributed by atoms with van der Waals surface area (Å²) in [7, 11) is 3.29. The van der Waals surface area contributed by atoms with E-state index < -0.39 is 12.8 Å². The van der Waals surface area contributed by atoms with E-state index in [-0.39, 0.29) is 29.9 Å². The third-order valence-electron chi connectivity index (χ3n) is 2.68. The van der Waals surface area contributed by atoms with Crippen LogP contribution in [0, 0.1) is 0 Å². The fourth-order valence-corrected chi connectivity index (χ4v) is 1.59. The predicted molar refractivity (Wildman–Crippen MR) is 95.9 cm³/mol. The molecule has 0 saturated heterocycles. The van der Waals surface area contributed by atoms with E-state index in [4.69, 9.17) is 4.74 Å². The maximum atomic E-state index is 12.0. The number of aromatic nitrogens is 1. The number of nitrogens with zero attached hydrogens (tertiary/aromatic N) is 2. The molecule has 0 bridgehead atoms. The van der Waals surface area contributed by atoms with Crippen molar-refractivity contribution in [2.24, 2.45) is 4.99 Å². The first-order chi connectivity index (χ1) is 10.9. The van der Waals surface area contributed by atoms with Gasteiger partial charge in [-0.2, -0.15) is 13.2 Å². The largest absolute Gasteiger partial charge is 0.468 e. The minimum atomic E-state index is -4.37. The molecular weight excluding hydrogens is 440 g/mol. The summed E-state index contributed by atoms with van der Waals surface area (Å²) in [5.74, 6) is 0.562. The number of halogens is 4. The number of hydrogen-bond donors (Lipinski definition) is 2. The van der Waals surface area contributed by atoms with Crippen LogP contribution in [0.5, 0.6) is 5.88 Å². The van der Waals surface area contributed by atoms with Crippen LogP contribution in [0.15, 0.2) is 23.3 Å². The van der Waals surface area contributed by atoms with Crippen molar-refractivity contribution in [1.82, 2.24) is 15.6 Å². The minimum Gasteiger partial charge on any atom is -0.468 e. The molecule has 1 aromatic rings. The summed E-state index contributed by atoms with van der Waals surface area (Å²) < 4.78 is 45.6.